The van der Waals surface area contributed by atoms with Gasteiger partial charge in [0.05, 0.1) is 11.7 Å². The fraction of sp³-hybridized carbons (Fsp3) is 0.133. The number of amidine groups is 1. The smallest absolute Gasteiger partial charge is 0.161 e. The number of anilines is 1. The number of nitrogens with one attached hydrogen (secondary N) is 1. The highest BCUT2D eigenvalue weighted by Crippen LogP contribution is 2.31. The second kappa shape index (κ2) is 5.96. The molecule has 0 saturated heterocycles. The molecule has 0 amide bonds. The molecule has 0 spiro atoms. The number of hydrogen-bond acceptors (Lipinski definition) is 3. The topological polar surface area (TPSA) is 24.4 Å². The maximum Gasteiger partial charge on any atom is 0.161 e. The lowest BCUT2D eigenvalue weighted by atomic mass is 10.1. The SMILES string of the molecule is Ic1ccccc1NC1=NC(c2ccccc2)CS1. The lowest BCUT2D eigenvalue weighted by molar-refractivity contribution is 0.849. The number of aliphatic imine (C=N–C) groups is 1. The number of para-hydroxylation sites is 1. The van der Waals surface area contributed by atoms with Gasteiger partial charge in [0.15, 0.2) is 5.17 Å². The minimum Gasteiger partial charge on any atom is -0.334 e. The Morgan fingerprint density at radius 3 is 2.58 bits per heavy atom. The predicted molar refractivity (Wildman–Crippen MR) is 91.9 cm³/mol. The molecular formula is C15H13IN2S. The van der Waals surface area contributed by atoms with Crippen molar-refractivity contribution in [3.63, 3.8) is 0 Å². The average Bonchev–Trinajstić information content (AvgIpc) is 2.91. The lowest BCUT2D eigenvalue weighted by Crippen LogP contribution is -2.05. The molecule has 1 aliphatic rings. The molecule has 0 bridgehead atoms. The number of nitrogens with zero attached hydrogens (tertiary/aromatic N) is 1. The summed E-state index contributed by atoms with van der Waals surface area (Å²) in [4.78, 5) is 4.76. The summed E-state index contributed by atoms with van der Waals surface area (Å²) >= 11 is 4.12. The summed E-state index contributed by atoms with van der Waals surface area (Å²) in [5.41, 5.74) is 2.41. The van der Waals surface area contributed by atoms with E-state index in [-0.39, 0.29) is 6.04 Å². The first-order valence-corrected chi connectivity index (χ1v) is 8.16. The minimum absolute atomic E-state index is 0.273. The number of halogens is 1. The van der Waals surface area contributed by atoms with Crippen molar-refractivity contribution in [1.29, 1.82) is 0 Å². The first kappa shape index (κ1) is 13.0. The van der Waals surface area contributed by atoms with Gasteiger partial charge in [-0.25, -0.2) is 0 Å². The van der Waals surface area contributed by atoms with E-state index >= 15 is 0 Å². The molecule has 1 N–H and O–H groups in total. The summed E-state index contributed by atoms with van der Waals surface area (Å²) in [6.45, 7) is 0. The largest absolute Gasteiger partial charge is 0.334 e. The summed E-state index contributed by atoms with van der Waals surface area (Å²) < 4.78 is 1.21. The molecule has 96 valence electrons. The third-order valence-corrected chi connectivity index (χ3v) is 4.85. The first-order valence-electron chi connectivity index (χ1n) is 6.10. The van der Waals surface area contributed by atoms with Crippen molar-refractivity contribution in [3.05, 3.63) is 63.7 Å². The van der Waals surface area contributed by atoms with Crippen molar-refractivity contribution in [2.45, 2.75) is 6.04 Å². The molecule has 3 rings (SSSR count). The fourth-order valence-electron chi connectivity index (χ4n) is 1.97. The van der Waals surface area contributed by atoms with Crippen molar-refractivity contribution in [1.82, 2.24) is 0 Å². The minimum atomic E-state index is 0.273. The molecule has 0 radical (unpaired) electrons. The third kappa shape index (κ3) is 3.12. The van der Waals surface area contributed by atoms with Crippen molar-refractivity contribution in [3.8, 4) is 0 Å². The molecule has 19 heavy (non-hydrogen) atoms. The Morgan fingerprint density at radius 2 is 1.79 bits per heavy atom. The molecule has 0 fully saturated rings. The Morgan fingerprint density at radius 1 is 1.05 bits per heavy atom. The van der Waals surface area contributed by atoms with Crippen molar-refractivity contribution in [2.24, 2.45) is 4.99 Å². The standard InChI is InChI=1S/C15H13IN2S/c16-12-8-4-5-9-13(12)17-15-18-14(10-19-15)11-6-2-1-3-7-11/h1-9,14H,10H2,(H,17,18). The highest BCUT2D eigenvalue weighted by Gasteiger charge is 2.20. The maximum absolute atomic E-state index is 4.76. The van der Waals surface area contributed by atoms with Crippen LogP contribution in [0.15, 0.2) is 59.6 Å². The van der Waals surface area contributed by atoms with Crippen LogP contribution < -0.4 is 5.32 Å². The molecule has 2 aromatic rings. The summed E-state index contributed by atoms with van der Waals surface area (Å²) in [6, 6.07) is 19.0. The normalized spacial score (nSPS) is 18.2. The number of rotatable bonds is 2. The van der Waals surface area contributed by atoms with E-state index in [1.807, 2.05) is 18.2 Å². The molecule has 1 heterocycles. The highest BCUT2D eigenvalue weighted by atomic mass is 127. The molecule has 1 unspecified atom stereocenters. The molecule has 0 aliphatic carbocycles. The Labute approximate surface area is 130 Å². The van der Waals surface area contributed by atoms with Crippen LogP contribution in [0.25, 0.3) is 0 Å². The van der Waals surface area contributed by atoms with E-state index in [2.05, 4.69) is 64.3 Å². The van der Waals surface area contributed by atoms with Gasteiger partial charge in [0, 0.05) is 9.32 Å². The summed E-state index contributed by atoms with van der Waals surface area (Å²) in [5.74, 6) is 1.01. The van der Waals surface area contributed by atoms with Crippen LogP contribution in [0.5, 0.6) is 0 Å². The fourth-order valence-corrected chi connectivity index (χ4v) is 3.45. The van der Waals surface area contributed by atoms with E-state index in [4.69, 9.17) is 4.99 Å². The zero-order chi connectivity index (χ0) is 13.1. The van der Waals surface area contributed by atoms with E-state index in [9.17, 15) is 0 Å². The van der Waals surface area contributed by atoms with Gasteiger partial charge >= 0.3 is 0 Å². The van der Waals surface area contributed by atoms with Gasteiger partial charge in [-0.05, 0) is 40.3 Å². The number of hydrogen-bond donors (Lipinski definition) is 1. The van der Waals surface area contributed by atoms with Gasteiger partial charge in [0.1, 0.15) is 0 Å². The highest BCUT2D eigenvalue weighted by molar-refractivity contribution is 14.1. The van der Waals surface area contributed by atoms with Crippen molar-refractivity contribution >= 4 is 45.2 Å². The van der Waals surface area contributed by atoms with Gasteiger partial charge in [0.2, 0.25) is 0 Å². The molecule has 1 aliphatic heterocycles. The Kier molecular flexibility index (Phi) is 4.08. The molecule has 2 nitrogen and oxygen atoms in total. The van der Waals surface area contributed by atoms with Crippen LogP contribution in [-0.2, 0) is 0 Å². The zero-order valence-electron chi connectivity index (χ0n) is 10.2. The van der Waals surface area contributed by atoms with Crippen molar-refractivity contribution < 1.29 is 0 Å². The van der Waals surface area contributed by atoms with Crippen LogP contribution in [0.4, 0.5) is 5.69 Å². The van der Waals surface area contributed by atoms with Gasteiger partial charge in [-0.2, -0.15) is 0 Å². The summed E-state index contributed by atoms with van der Waals surface area (Å²) in [6.07, 6.45) is 0. The van der Waals surface area contributed by atoms with Crippen LogP contribution >= 0.6 is 34.4 Å². The Hall–Kier alpha value is -1.01. The maximum atomic E-state index is 4.76. The van der Waals surface area contributed by atoms with E-state index in [0.29, 0.717) is 0 Å². The molecule has 2 aromatic carbocycles. The van der Waals surface area contributed by atoms with Gasteiger partial charge in [-0.3, -0.25) is 4.99 Å². The van der Waals surface area contributed by atoms with Crippen LogP contribution in [0.1, 0.15) is 11.6 Å². The third-order valence-electron chi connectivity index (χ3n) is 2.95. The van der Waals surface area contributed by atoms with E-state index < -0.39 is 0 Å². The van der Waals surface area contributed by atoms with Gasteiger partial charge < -0.3 is 5.32 Å². The first-order chi connectivity index (χ1) is 9.33. The van der Waals surface area contributed by atoms with Crippen molar-refractivity contribution in [2.75, 3.05) is 11.1 Å². The summed E-state index contributed by atoms with van der Waals surface area (Å²) in [7, 11) is 0. The molecule has 0 saturated carbocycles. The van der Waals surface area contributed by atoms with Gasteiger partial charge in [-0.15, -0.1) is 0 Å². The van der Waals surface area contributed by atoms with E-state index in [1.54, 1.807) is 11.8 Å². The average molecular weight is 380 g/mol. The monoisotopic (exact) mass is 380 g/mol. The van der Waals surface area contributed by atoms with Crippen LogP contribution in [-0.4, -0.2) is 10.9 Å². The zero-order valence-corrected chi connectivity index (χ0v) is 13.2. The summed E-state index contributed by atoms with van der Waals surface area (Å²) in [5, 5.41) is 4.43. The molecule has 4 heteroatoms. The quantitative estimate of drug-likeness (QED) is 0.774. The van der Waals surface area contributed by atoms with Gasteiger partial charge in [-0.1, -0.05) is 54.2 Å². The molecule has 1 atom stereocenters. The van der Waals surface area contributed by atoms with E-state index in [0.717, 1.165) is 16.6 Å². The lowest BCUT2D eigenvalue weighted by Gasteiger charge is -2.06. The van der Waals surface area contributed by atoms with Gasteiger partial charge in [0.25, 0.3) is 0 Å². The Balaban J connectivity index is 1.76. The number of benzene rings is 2. The molecule has 0 aromatic heterocycles. The molecular weight excluding hydrogens is 367 g/mol. The van der Waals surface area contributed by atoms with Crippen LogP contribution in [0, 0.1) is 3.57 Å². The predicted octanol–water partition coefficient (Wildman–Crippen LogP) is 4.55. The van der Waals surface area contributed by atoms with Crippen LogP contribution in [0.2, 0.25) is 0 Å². The second-order valence-electron chi connectivity index (χ2n) is 4.28. The van der Waals surface area contributed by atoms with Crippen LogP contribution in [0.3, 0.4) is 0 Å². The number of thioether (sulfide) groups is 1. The Bertz CT molecular complexity index is 598. The van der Waals surface area contributed by atoms with E-state index in [1.165, 1.54) is 9.13 Å². The second-order valence-corrected chi connectivity index (χ2v) is 6.45.